The Morgan fingerprint density at radius 2 is 1.19 bits per heavy atom. The molecule has 14 atom stereocenters. The van der Waals surface area contributed by atoms with Gasteiger partial charge in [0, 0.05) is 17.8 Å². The quantitative estimate of drug-likeness (QED) is 0.548. The highest BCUT2D eigenvalue weighted by Gasteiger charge is 2.51. The predicted octanol–water partition coefficient (Wildman–Crippen LogP) is 5.71. The molecule has 0 saturated carbocycles. The molecule has 0 bridgehead atoms. The molecule has 31 heavy (non-hydrogen) atoms. The average Bonchev–Trinajstić information content (AvgIpc) is 2.91. The third kappa shape index (κ3) is 4.87. The second-order valence-electron chi connectivity index (χ2n) is 11.3. The fourth-order valence-corrected chi connectivity index (χ4v) is 5.64. The summed E-state index contributed by atoms with van der Waals surface area (Å²) in [5.74, 6) is 2.75. The molecule has 0 aromatic rings. The molecule has 5 heteroatoms. The van der Waals surface area contributed by atoms with E-state index in [9.17, 15) is 0 Å². The Morgan fingerprint density at radius 1 is 0.613 bits per heavy atom. The monoisotopic (exact) mass is 440 g/mol. The van der Waals surface area contributed by atoms with Gasteiger partial charge < -0.3 is 23.7 Å². The molecule has 3 saturated heterocycles. The summed E-state index contributed by atoms with van der Waals surface area (Å²) in [4.78, 5) is 0. The lowest BCUT2D eigenvalue weighted by Crippen LogP contribution is -2.52. The van der Waals surface area contributed by atoms with Crippen molar-refractivity contribution in [2.24, 2.45) is 47.3 Å². The van der Waals surface area contributed by atoms with Crippen LogP contribution in [0.4, 0.5) is 0 Å². The van der Waals surface area contributed by atoms with Gasteiger partial charge in [-0.25, -0.2) is 0 Å². The van der Waals surface area contributed by atoms with Crippen molar-refractivity contribution in [1.29, 1.82) is 0 Å². The van der Waals surface area contributed by atoms with Crippen LogP contribution < -0.4 is 0 Å². The zero-order valence-electron chi connectivity index (χ0n) is 21.8. The molecule has 5 nitrogen and oxygen atoms in total. The SMILES string of the molecule is CC1[C@@H](O[C@]2(C)O[C@H](C)[C@H](C)C2C)OC(CO[C@H]2OC(C)[C@H](C)[C@@H](C)C2C)[C@@H](C)[C@H]1C. The van der Waals surface area contributed by atoms with Crippen LogP contribution >= 0.6 is 0 Å². The molecule has 0 radical (unpaired) electrons. The molecule has 0 amide bonds. The van der Waals surface area contributed by atoms with E-state index < -0.39 is 5.79 Å². The van der Waals surface area contributed by atoms with Gasteiger partial charge in [-0.15, -0.1) is 0 Å². The van der Waals surface area contributed by atoms with Gasteiger partial charge in [-0.3, -0.25) is 0 Å². The van der Waals surface area contributed by atoms with Gasteiger partial charge in [0.1, 0.15) is 0 Å². The highest BCUT2D eigenvalue weighted by Crippen LogP contribution is 2.45. The summed E-state index contributed by atoms with van der Waals surface area (Å²) >= 11 is 0. The molecule has 0 aromatic heterocycles. The van der Waals surface area contributed by atoms with Crippen LogP contribution in [0, 0.1) is 47.3 Å². The minimum atomic E-state index is -0.620. The summed E-state index contributed by atoms with van der Waals surface area (Å²) in [6, 6.07) is 0. The van der Waals surface area contributed by atoms with Crippen molar-refractivity contribution in [3.63, 3.8) is 0 Å². The number of rotatable bonds is 5. The maximum atomic E-state index is 6.58. The van der Waals surface area contributed by atoms with E-state index in [0.29, 0.717) is 48.0 Å². The molecule has 3 aliphatic heterocycles. The first kappa shape index (κ1) is 25.4. The van der Waals surface area contributed by atoms with E-state index in [-0.39, 0.29) is 36.8 Å². The van der Waals surface area contributed by atoms with Crippen molar-refractivity contribution in [3.8, 4) is 0 Å². The molecule has 3 fully saturated rings. The van der Waals surface area contributed by atoms with Crippen molar-refractivity contribution in [2.45, 2.75) is 113 Å². The standard InChI is InChI=1S/C26H48O5/c1-13-15(3)21(9)28-24(17(13)5)27-12-23-16(4)14(2)18(6)25(29-23)31-26(11)20(8)19(7)22(10)30-26/h13-25H,12H2,1-11H3/t13-,14-,15-,16+,17?,18?,19-,20?,21?,22-,23?,24+,25-,26+/m1/s1. The van der Waals surface area contributed by atoms with Crippen molar-refractivity contribution < 1.29 is 23.7 Å². The van der Waals surface area contributed by atoms with Crippen molar-refractivity contribution >= 4 is 0 Å². The molecule has 3 aliphatic rings. The van der Waals surface area contributed by atoms with E-state index >= 15 is 0 Å². The van der Waals surface area contributed by atoms with Crippen LogP contribution in [0.15, 0.2) is 0 Å². The lowest BCUT2D eigenvalue weighted by atomic mass is 9.78. The highest BCUT2D eigenvalue weighted by atomic mass is 16.8. The van der Waals surface area contributed by atoms with Gasteiger partial charge in [0.15, 0.2) is 18.4 Å². The molecule has 3 heterocycles. The number of hydrogen-bond donors (Lipinski definition) is 0. The van der Waals surface area contributed by atoms with Crippen molar-refractivity contribution in [2.75, 3.05) is 6.61 Å². The molecule has 5 unspecified atom stereocenters. The van der Waals surface area contributed by atoms with E-state index in [1.807, 2.05) is 0 Å². The first-order valence-corrected chi connectivity index (χ1v) is 12.7. The van der Waals surface area contributed by atoms with Gasteiger partial charge in [-0.05, 0) is 50.4 Å². The lowest BCUT2D eigenvalue weighted by molar-refractivity contribution is -0.353. The predicted molar refractivity (Wildman–Crippen MR) is 122 cm³/mol. The van der Waals surface area contributed by atoms with Gasteiger partial charge in [-0.1, -0.05) is 55.4 Å². The Balaban J connectivity index is 1.65. The molecule has 3 rings (SSSR count). The van der Waals surface area contributed by atoms with Crippen LogP contribution in [0.1, 0.15) is 76.2 Å². The van der Waals surface area contributed by atoms with Gasteiger partial charge in [0.25, 0.3) is 0 Å². The Labute approximate surface area is 190 Å². The highest BCUT2D eigenvalue weighted by molar-refractivity contribution is 4.90. The maximum Gasteiger partial charge on any atom is 0.171 e. The third-order valence-electron chi connectivity index (χ3n) is 9.71. The number of hydrogen-bond acceptors (Lipinski definition) is 5. The number of ether oxygens (including phenoxy) is 5. The van der Waals surface area contributed by atoms with E-state index in [1.54, 1.807) is 0 Å². The van der Waals surface area contributed by atoms with E-state index in [2.05, 4.69) is 76.2 Å². The molecule has 0 aromatic carbocycles. The minimum Gasteiger partial charge on any atom is -0.350 e. The largest absolute Gasteiger partial charge is 0.350 e. The van der Waals surface area contributed by atoms with Gasteiger partial charge in [0.2, 0.25) is 0 Å². The fraction of sp³-hybridized carbons (Fsp3) is 1.00. The maximum absolute atomic E-state index is 6.58. The van der Waals surface area contributed by atoms with Gasteiger partial charge >= 0.3 is 0 Å². The molecule has 0 N–H and O–H groups in total. The summed E-state index contributed by atoms with van der Waals surface area (Å²) in [7, 11) is 0. The van der Waals surface area contributed by atoms with Crippen LogP contribution in [0.2, 0.25) is 0 Å². The smallest absolute Gasteiger partial charge is 0.171 e. The topological polar surface area (TPSA) is 46.2 Å². The van der Waals surface area contributed by atoms with Crippen LogP contribution in [-0.4, -0.2) is 43.3 Å². The molecule has 0 aliphatic carbocycles. The molecular formula is C26H48O5. The normalized spacial score (nSPS) is 56.0. The van der Waals surface area contributed by atoms with Gasteiger partial charge in [0.05, 0.1) is 24.9 Å². The van der Waals surface area contributed by atoms with Crippen LogP contribution in [0.5, 0.6) is 0 Å². The second-order valence-corrected chi connectivity index (χ2v) is 11.3. The summed E-state index contributed by atoms with van der Waals surface area (Å²) in [5, 5.41) is 0. The average molecular weight is 441 g/mol. The van der Waals surface area contributed by atoms with Crippen molar-refractivity contribution in [1.82, 2.24) is 0 Å². The van der Waals surface area contributed by atoms with Crippen molar-refractivity contribution in [3.05, 3.63) is 0 Å². The van der Waals surface area contributed by atoms with Gasteiger partial charge in [-0.2, -0.15) is 0 Å². The Bertz CT molecular complexity index is 598. The van der Waals surface area contributed by atoms with E-state index in [4.69, 9.17) is 23.7 Å². The lowest BCUT2D eigenvalue weighted by Gasteiger charge is -2.47. The fourth-order valence-electron chi connectivity index (χ4n) is 5.64. The Hall–Kier alpha value is -0.200. The molecule has 0 spiro atoms. The Kier molecular flexibility index (Phi) is 7.86. The second kappa shape index (κ2) is 9.58. The van der Waals surface area contributed by atoms with E-state index in [1.165, 1.54) is 0 Å². The van der Waals surface area contributed by atoms with E-state index in [0.717, 1.165) is 0 Å². The first-order valence-electron chi connectivity index (χ1n) is 12.7. The summed E-state index contributed by atoms with van der Waals surface area (Å²) in [6.07, 6.45) is -0.102. The van der Waals surface area contributed by atoms with Crippen LogP contribution in [0.3, 0.4) is 0 Å². The van der Waals surface area contributed by atoms with Crippen LogP contribution in [-0.2, 0) is 23.7 Å². The third-order valence-corrected chi connectivity index (χ3v) is 9.71. The summed E-state index contributed by atoms with van der Waals surface area (Å²) in [6.45, 7) is 25.0. The zero-order chi connectivity index (χ0) is 23.2. The zero-order valence-corrected chi connectivity index (χ0v) is 21.8. The first-order chi connectivity index (χ1) is 14.4. The molecular weight excluding hydrogens is 392 g/mol. The minimum absolute atomic E-state index is 0.0212. The van der Waals surface area contributed by atoms with Crippen LogP contribution in [0.25, 0.3) is 0 Å². The Morgan fingerprint density at radius 3 is 1.77 bits per heavy atom. The summed E-state index contributed by atoms with van der Waals surface area (Å²) in [5.41, 5.74) is 0. The molecule has 182 valence electrons. The summed E-state index contributed by atoms with van der Waals surface area (Å²) < 4.78 is 32.0.